The van der Waals surface area contributed by atoms with Gasteiger partial charge >= 0.3 is 0 Å². The third kappa shape index (κ3) is 6.41. The van der Waals surface area contributed by atoms with Gasteiger partial charge in [-0.25, -0.2) is 0 Å². The molecule has 22 heavy (non-hydrogen) atoms. The first-order chi connectivity index (χ1) is 10.7. The largest absolute Gasteiger partial charge is 0.396 e. The summed E-state index contributed by atoms with van der Waals surface area (Å²) in [5.74, 6) is 0. The number of rotatable bonds is 7. The van der Waals surface area contributed by atoms with Gasteiger partial charge in [0.15, 0.2) is 0 Å². The summed E-state index contributed by atoms with van der Waals surface area (Å²) in [5, 5.41) is 4.14. The smallest absolute Gasteiger partial charge is 0.118 e. The number of nitrogens with zero attached hydrogens (tertiary/aromatic N) is 3. The topological polar surface area (TPSA) is 28.1 Å². The number of hydrogen-bond acceptors (Lipinski definition) is 4. The number of oxime groups is 1. The standard InChI is InChI=1S/C18H27N3O/c1-17(9-10-18-7-4-3-5-8-18)19-22-16-6-11-21-14-12-20(2)13-15-21/h3-5,7-10H,6,11-16H2,1-2H3/b10-9+,19-17+. The quantitative estimate of drug-likeness (QED) is 0.440. The van der Waals surface area contributed by atoms with E-state index in [-0.39, 0.29) is 0 Å². The third-order valence-corrected chi connectivity index (χ3v) is 3.83. The van der Waals surface area contributed by atoms with Crippen LogP contribution in [-0.4, -0.2) is 61.9 Å². The molecule has 1 heterocycles. The highest BCUT2D eigenvalue weighted by molar-refractivity contribution is 5.95. The van der Waals surface area contributed by atoms with E-state index < -0.39 is 0 Å². The average molecular weight is 301 g/mol. The Balaban J connectivity index is 1.60. The van der Waals surface area contributed by atoms with Crippen molar-refractivity contribution in [1.29, 1.82) is 0 Å². The van der Waals surface area contributed by atoms with Crippen LogP contribution in [0.25, 0.3) is 6.08 Å². The van der Waals surface area contributed by atoms with Crippen molar-refractivity contribution in [2.45, 2.75) is 13.3 Å². The van der Waals surface area contributed by atoms with Gasteiger partial charge in [-0.2, -0.15) is 0 Å². The Labute approximate surface area is 134 Å². The summed E-state index contributed by atoms with van der Waals surface area (Å²) in [7, 11) is 2.18. The van der Waals surface area contributed by atoms with Crippen LogP contribution in [0.1, 0.15) is 18.9 Å². The summed E-state index contributed by atoms with van der Waals surface area (Å²) in [5.41, 5.74) is 2.07. The molecule has 1 saturated heterocycles. The van der Waals surface area contributed by atoms with Crippen molar-refractivity contribution >= 4 is 11.8 Å². The van der Waals surface area contributed by atoms with Crippen LogP contribution in [0, 0.1) is 0 Å². The Hall–Kier alpha value is -1.65. The Bertz CT molecular complexity index is 476. The van der Waals surface area contributed by atoms with Crippen molar-refractivity contribution in [3.8, 4) is 0 Å². The van der Waals surface area contributed by atoms with Crippen LogP contribution in [-0.2, 0) is 4.84 Å². The monoisotopic (exact) mass is 301 g/mol. The predicted molar refractivity (Wildman–Crippen MR) is 93.1 cm³/mol. The maximum Gasteiger partial charge on any atom is 0.118 e. The highest BCUT2D eigenvalue weighted by Gasteiger charge is 2.12. The van der Waals surface area contributed by atoms with E-state index in [1.807, 2.05) is 37.3 Å². The van der Waals surface area contributed by atoms with Crippen LogP contribution < -0.4 is 0 Å². The Kier molecular flexibility index (Phi) is 7.13. The first-order valence-electron chi connectivity index (χ1n) is 8.04. The van der Waals surface area contributed by atoms with E-state index in [1.165, 1.54) is 31.7 Å². The first-order valence-corrected chi connectivity index (χ1v) is 8.04. The molecule has 0 bridgehead atoms. The van der Waals surface area contributed by atoms with Crippen LogP contribution in [0.5, 0.6) is 0 Å². The minimum absolute atomic E-state index is 0.683. The van der Waals surface area contributed by atoms with Gasteiger partial charge in [-0.3, -0.25) is 0 Å². The minimum atomic E-state index is 0.683. The fourth-order valence-corrected chi connectivity index (χ4v) is 2.38. The number of benzene rings is 1. The Morgan fingerprint density at radius 1 is 1.18 bits per heavy atom. The molecule has 1 aliphatic heterocycles. The van der Waals surface area contributed by atoms with Crippen LogP contribution >= 0.6 is 0 Å². The average Bonchev–Trinajstić information content (AvgIpc) is 2.55. The Morgan fingerprint density at radius 2 is 1.91 bits per heavy atom. The van der Waals surface area contributed by atoms with E-state index in [2.05, 4.69) is 34.1 Å². The molecule has 0 N–H and O–H groups in total. The zero-order valence-corrected chi connectivity index (χ0v) is 13.7. The molecule has 1 fully saturated rings. The highest BCUT2D eigenvalue weighted by Crippen LogP contribution is 2.02. The molecule has 0 saturated carbocycles. The fraction of sp³-hybridized carbons (Fsp3) is 0.500. The van der Waals surface area contributed by atoms with Crippen LogP contribution in [0.4, 0.5) is 0 Å². The van der Waals surface area contributed by atoms with E-state index in [4.69, 9.17) is 4.84 Å². The normalized spacial score (nSPS) is 18.0. The molecular weight excluding hydrogens is 274 g/mol. The lowest BCUT2D eigenvalue weighted by atomic mass is 10.2. The summed E-state index contributed by atoms with van der Waals surface area (Å²) in [4.78, 5) is 10.3. The lowest BCUT2D eigenvalue weighted by Gasteiger charge is -2.32. The molecule has 1 aromatic rings. The van der Waals surface area contributed by atoms with E-state index in [0.29, 0.717) is 6.61 Å². The number of allylic oxidation sites excluding steroid dienone is 1. The predicted octanol–water partition coefficient (Wildman–Crippen LogP) is 2.73. The molecule has 4 heteroatoms. The van der Waals surface area contributed by atoms with Crippen LogP contribution in [0.15, 0.2) is 41.6 Å². The summed E-state index contributed by atoms with van der Waals surface area (Å²) in [6, 6.07) is 10.2. The van der Waals surface area contributed by atoms with Gasteiger partial charge in [0.2, 0.25) is 0 Å². The molecule has 0 aromatic heterocycles. The van der Waals surface area contributed by atoms with Gasteiger partial charge < -0.3 is 14.6 Å². The van der Waals surface area contributed by atoms with Gasteiger partial charge in [0.05, 0.1) is 5.71 Å². The minimum Gasteiger partial charge on any atom is -0.396 e. The molecule has 0 unspecified atom stereocenters. The maximum atomic E-state index is 5.40. The second-order valence-electron chi connectivity index (χ2n) is 5.81. The van der Waals surface area contributed by atoms with E-state index >= 15 is 0 Å². The summed E-state index contributed by atoms with van der Waals surface area (Å²) in [6.45, 7) is 8.41. The molecule has 0 spiro atoms. The second-order valence-corrected chi connectivity index (χ2v) is 5.81. The molecule has 120 valence electrons. The molecule has 1 aliphatic rings. The van der Waals surface area contributed by atoms with Gasteiger partial charge in [-0.05, 0) is 32.0 Å². The zero-order valence-electron chi connectivity index (χ0n) is 13.7. The van der Waals surface area contributed by atoms with E-state index in [9.17, 15) is 0 Å². The van der Waals surface area contributed by atoms with Gasteiger partial charge in [0.1, 0.15) is 6.61 Å². The molecular formula is C18H27N3O. The fourth-order valence-electron chi connectivity index (χ4n) is 2.38. The summed E-state index contributed by atoms with van der Waals surface area (Å²) in [6.07, 6.45) is 5.06. The van der Waals surface area contributed by atoms with Crippen molar-refractivity contribution in [2.24, 2.45) is 5.16 Å². The summed E-state index contributed by atoms with van der Waals surface area (Å²) >= 11 is 0. The van der Waals surface area contributed by atoms with Crippen molar-refractivity contribution < 1.29 is 4.84 Å². The van der Waals surface area contributed by atoms with Crippen LogP contribution in [0.2, 0.25) is 0 Å². The first kappa shape index (κ1) is 16.7. The number of piperazine rings is 1. The SMILES string of the molecule is CC(/C=C/c1ccccc1)=N\OCCCN1CCN(C)CC1. The third-order valence-electron chi connectivity index (χ3n) is 3.83. The van der Waals surface area contributed by atoms with Gasteiger partial charge in [-0.1, -0.05) is 41.6 Å². The van der Waals surface area contributed by atoms with Gasteiger partial charge in [0.25, 0.3) is 0 Å². The van der Waals surface area contributed by atoms with Crippen molar-refractivity contribution in [3.05, 3.63) is 42.0 Å². The number of likely N-dealkylation sites (N-methyl/N-ethyl adjacent to an activating group) is 1. The Morgan fingerprint density at radius 3 is 2.64 bits per heavy atom. The molecule has 1 aromatic carbocycles. The molecule has 0 amide bonds. The van der Waals surface area contributed by atoms with Gasteiger partial charge in [0, 0.05) is 32.7 Å². The lowest BCUT2D eigenvalue weighted by Crippen LogP contribution is -2.44. The molecule has 0 atom stereocenters. The highest BCUT2D eigenvalue weighted by atomic mass is 16.6. The molecule has 0 radical (unpaired) electrons. The van der Waals surface area contributed by atoms with Crippen molar-refractivity contribution in [1.82, 2.24) is 9.80 Å². The van der Waals surface area contributed by atoms with Crippen molar-refractivity contribution in [2.75, 3.05) is 46.4 Å². The molecule has 2 rings (SSSR count). The van der Waals surface area contributed by atoms with E-state index in [1.54, 1.807) is 0 Å². The molecule has 0 aliphatic carbocycles. The zero-order chi connectivity index (χ0) is 15.6. The molecule has 4 nitrogen and oxygen atoms in total. The lowest BCUT2D eigenvalue weighted by molar-refractivity contribution is 0.111. The van der Waals surface area contributed by atoms with Crippen LogP contribution in [0.3, 0.4) is 0 Å². The maximum absolute atomic E-state index is 5.40. The van der Waals surface area contributed by atoms with Crippen molar-refractivity contribution in [3.63, 3.8) is 0 Å². The summed E-state index contributed by atoms with van der Waals surface area (Å²) < 4.78 is 0. The van der Waals surface area contributed by atoms with E-state index in [0.717, 1.165) is 18.7 Å². The second kappa shape index (κ2) is 9.38. The number of hydrogen-bond donors (Lipinski definition) is 0. The van der Waals surface area contributed by atoms with Gasteiger partial charge in [-0.15, -0.1) is 0 Å².